The topological polar surface area (TPSA) is 95.9 Å². The van der Waals surface area contributed by atoms with Gasteiger partial charge in [-0.3, -0.25) is 9.59 Å². The van der Waals surface area contributed by atoms with E-state index in [2.05, 4.69) is 29.6 Å². The number of benzene rings is 2. The number of aliphatic carboxylic acids is 1. The van der Waals surface area contributed by atoms with Gasteiger partial charge in [0.15, 0.2) is 0 Å². The Morgan fingerprint density at radius 2 is 1.65 bits per heavy atom. The molecule has 1 fully saturated rings. The van der Waals surface area contributed by atoms with Crippen LogP contribution in [0.2, 0.25) is 0 Å². The molecule has 7 heteroatoms. The molecule has 180 valence electrons. The van der Waals surface area contributed by atoms with E-state index in [1.807, 2.05) is 38.1 Å². The van der Waals surface area contributed by atoms with Gasteiger partial charge in [-0.2, -0.15) is 0 Å². The number of nitrogens with one attached hydrogen (secondary N) is 1. The fourth-order valence-electron chi connectivity index (χ4n) is 4.93. The molecule has 0 aromatic heterocycles. The fraction of sp³-hybridized carbons (Fsp3) is 0.444. The average molecular weight is 465 g/mol. The van der Waals surface area contributed by atoms with Crippen LogP contribution < -0.4 is 5.32 Å². The Kier molecular flexibility index (Phi) is 6.64. The zero-order chi connectivity index (χ0) is 24.5. The lowest BCUT2D eigenvalue weighted by molar-refractivity contribution is -0.149. The minimum Gasteiger partial charge on any atom is -0.480 e. The summed E-state index contributed by atoms with van der Waals surface area (Å²) in [7, 11) is 0. The van der Waals surface area contributed by atoms with E-state index in [0.717, 1.165) is 35.1 Å². The Hall–Kier alpha value is -3.35. The molecule has 0 aliphatic heterocycles. The number of carbonyl (C=O) groups excluding carboxylic acids is 2. The molecular weight excluding hydrogens is 432 g/mol. The number of alkyl carbamates (subject to hydrolysis) is 1. The second-order valence-corrected chi connectivity index (χ2v) is 9.51. The van der Waals surface area contributed by atoms with Crippen molar-refractivity contribution in [3.8, 4) is 11.1 Å². The van der Waals surface area contributed by atoms with Crippen molar-refractivity contribution in [1.82, 2.24) is 10.2 Å². The van der Waals surface area contributed by atoms with Crippen molar-refractivity contribution >= 4 is 18.0 Å². The average Bonchev–Trinajstić information content (AvgIpc) is 3.64. The molecule has 0 bridgehead atoms. The van der Waals surface area contributed by atoms with E-state index in [1.165, 1.54) is 4.90 Å². The maximum absolute atomic E-state index is 13.5. The summed E-state index contributed by atoms with van der Waals surface area (Å²) in [5.41, 5.74) is 3.30. The smallest absolute Gasteiger partial charge is 0.408 e. The van der Waals surface area contributed by atoms with E-state index in [0.29, 0.717) is 6.42 Å². The van der Waals surface area contributed by atoms with Gasteiger partial charge in [0.1, 0.15) is 18.7 Å². The summed E-state index contributed by atoms with van der Waals surface area (Å²) < 4.78 is 5.67. The highest BCUT2D eigenvalue weighted by atomic mass is 16.5. The van der Waals surface area contributed by atoms with Gasteiger partial charge in [0, 0.05) is 12.0 Å². The van der Waals surface area contributed by atoms with Crippen LogP contribution in [0.4, 0.5) is 4.79 Å². The predicted octanol–water partition coefficient (Wildman–Crippen LogP) is 4.41. The molecule has 2 aromatic carbocycles. The van der Waals surface area contributed by atoms with E-state index in [4.69, 9.17) is 4.74 Å². The fourth-order valence-corrected chi connectivity index (χ4v) is 4.93. The van der Waals surface area contributed by atoms with Gasteiger partial charge >= 0.3 is 12.1 Å². The SMILES string of the molecule is CCC(C)N(CC(=O)O)C(=O)C(C)(NC(=O)OCC1c2ccccc2-c2ccccc21)C1CC1. The lowest BCUT2D eigenvalue weighted by atomic mass is 9.93. The Balaban J connectivity index is 1.49. The zero-order valence-electron chi connectivity index (χ0n) is 19.9. The lowest BCUT2D eigenvalue weighted by Gasteiger charge is -2.37. The molecule has 2 aliphatic carbocycles. The molecule has 1 saturated carbocycles. The molecule has 2 aromatic rings. The molecule has 7 nitrogen and oxygen atoms in total. The van der Waals surface area contributed by atoms with E-state index < -0.39 is 24.1 Å². The Morgan fingerprint density at radius 1 is 1.09 bits per heavy atom. The van der Waals surface area contributed by atoms with Gasteiger partial charge in [0.25, 0.3) is 0 Å². The number of rotatable bonds is 9. The van der Waals surface area contributed by atoms with Crippen molar-refractivity contribution in [2.45, 2.75) is 57.5 Å². The van der Waals surface area contributed by atoms with E-state index in [-0.39, 0.29) is 30.4 Å². The standard InChI is InChI=1S/C27H32N2O5/c1-4-17(2)29(15-24(30)31)25(32)27(3,18-13-14-18)28-26(33)34-16-23-21-11-7-5-9-19(21)20-10-6-8-12-22(20)23/h5-12,17-18,23H,4,13-16H2,1-3H3,(H,28,33)(H,30,31). The highest BCUT2D eigenvalue weighted by Crippen LogP contribution is 2.45. The first kappa shape index (κ1) is 23.8. The van der Waals surface area contributed by atoms with Gasteiger partial charge in [-0.25, -0.2) is 4.79 Å². The Bertz CT molecular complexity index is 1050. The molecule has 0 heterocycles. The molecule has 0 saturated heterocycles. The highest BCUT2D eigenvalue weighted by Gasteiger charge is 2.51. The van der Waals surface area contributed by atoms with Crippen LogP contribution in [0.3, 0.4) is 0 Å². The van der Waals surface area contributed by atoms with E-state index in [9.17, 15) is 19.5 Å². The van der Waals surface area contributed by atoms with Crippen LogP contribution >= 0.6 is 0 Å². The van der Waals surface area contributed by atoms with Gasteiger partial charge in [0.2, 0.25) is 5.91 Å². The summed E-state index contributed by atoms with van der Waals surface area (Å²) in [4.78, 5) is 39.2. The number of carboxylic acid groups (broad SMARTS) is 1. The first-order chi connectivity index (χ1) is 16.3. The molecule has 34 heavy (non-hydrogen) atoms. The number of ether oxygens (including phenoxy) is 1. The number of fused-ring (bicyclic) bond motifs is 3. The normalized spacial score (nSPS) is 17.1. The first-order valence-electron chi connectivity index (χ1n) is 11.9. The van der Waals surface area contributed by atoms with Gasteiger partial charge in [-0.05, 0) is 61.3 Å². The monoisotopic (exact) mass is 464 g/mol. The molecule has 2 atom stereocenters. The summed E-state index contributed by atoms with van der Waals surface area (Å²) >= 11 is 0. The van der Waals surface area contributed by atoms with Crippen LogP contribution in [0.25, 0.3) is 11.1 Å². The zero-order valence-corrected chi connectivity index (χ0v) is 19.9. The minimum atomic E-state index is -1.21. The molecule has 2 N–H and O–H groups in total. The highest BCUT2D eigenvalue weighted by molar-refractivity contribution is 5.92. The summed E-state index contributed by atoms with van der Waals surface area (Å²) in [6.45, 7) is 5.16. The molecule has 2 unspecified atom stereocenters. The van der Waals surface area contributed by atoms with Crippen molar-refractivity contribution in [3.63, 3.8) is 0 Å². The largest absolute Gasteiger partial charge is 0.480 e. The molecule has 0 spiro atoms. The third kappa shape index (κ3) is 4.52. The third-order valence-corrected chi connectivity index (χ3v) is 7.23. The number of carboxylic acids is 1. The quantitative estimate of drug-likeness (QED) is 0.573. The first-order valence-corrected chi connectivity index (χ1v) is 11.9. The Morgan fingerprint density at radius 3 is 2.15 bits per heavy atom. The summed E-state index contributed by atoms with van der Waals surface area (Å²) in [5, 5.41) is 12.2. The lowest BCUT2D eigenvalue weighted by Crippen LogP contribution is -2.61. The van der Waals surface area contributed by atoms with Gasteiger partial charge < -0.3 is 20.1 Å². The second kappa shape index (κ2) is 9.49. The van der Waals surface area contributed by atoms with Crippen LogP contribution in [-0.4, -0.2) is 52.7 Å². The maximum Gasteiger partial charge on any atom is 0.408 e. The van der Waals surface area contributed by atoms with E-state index >= 15 is 0 Å². The number of nitrogens with zero attached hydrogens (tertiary/aromatic N) is 1. The van der Waals surface area contributed by atoms with Gasteiger partial charge in [0.05, 0.1) is 0 Å². The number of amides is 2. The summed E-state index contributed by atoms with van der Waals surface area (Å²) in [6.07, 6.45) is 1.55. The number of hydrogen-bond donors (Lipinski definition) is 2. The van der Waals surface area contributed by atoms with Crippen LogP contribution in [-0.2, 0) is 14.3 Å². The van der Waals surface area contributed by atoms with Crippen LogP contribution in [0, 0.1) is 5.92 Å². The second-order valence-electron chi connectivity index (χ2n) is 9.51. The van der Waals surface area contributed by atoms with Crippen LogP contribution in [0.1, 0.15) is 57.1 Å². The maximum atomic E-state index is 13.5. The van der Waals surface area contributed by atoms with E-state index in [1.54, 1.807) is 6.92 Å². The Labute approximate surface area is 200 Å². The third-order valence-electron chi connectivity index (χ3n) is 7.23. The van der Waals surface area contributed by atoms with Crippen molar-refractivity contribution in [2.24, 2.45) is 5.92 Å². The molecule has 4 rings (SSSR count). The van der Waals surface area contributed by atoms with Crippen molar-refractivity contribution in [2.75, 3.05) is 13.2 Å². The van der Waals surface area contributed by atoms with Gasteiger partial charge in [-0.15, -0.1) is 0 Å². The molecular formula is C27H32N2O5. The number of carbonyl (C=O) groups is 3. The molecule has 2 aliphatic rings. The number of hydrogen-bond acceptors (Lipinski definition) is 4. The summed E-state index contributed by atoms with van der Waals surface area (Å²) in [5.74, 6) is -1.57. The van der Waals surface area contributed by atoms with Crippen LogP contribution in [0.15, 0.2) is 48.5 Å². The van der Waals surface area contributed by atoms with Gasteiger partial charge in [-0.1, -0.05) is 55.5 Å². The minimum absolute atomic E-state index is 0.0409. The van der Waals surface area contributed by atoms with Crippen molar-refractivity contribution in [1.29, 1.82) is 0 Å². The van der Waals surface area contributed by atoms with Crippen molar-refractivity contribution in [3.05, 3.63) is 59.7 Å². The molecule has 0 radical (unpaired) electrons. The molecule has 2 amide bonds. The van der Waals surface area contributed by atoms with Crippen LogP contribution in [0.5, 0.6) is 0 Å². The van der Waals surface area contributed by atoms with Crippen molar-refractivity contribution < 1.29 is 24.2 Å². The predicted molar refractivity (Wildman–Crippen MR) is 128 cm³/mol. The summed E-state index contributed by atoms with van der Waals surface area (Å²) in [6, 6.07) is 15.9.